The monoisotopic (exact) mass is 185 g/mol. The van der Waals surface area contributed by atoms with Gasteiger partial charge in [-0.15, -0.1) is 0 Å². The van der Waals surface area contributed by atoms with E-state index in [1.807, 2.05) is 0 Å². The van der Waals surface area contributed by atoms with E-state index in [1.165, 1.54) is 6.92 Å². The van der Waals surface area contributed by atoms with Crippen LogP contribution in [-0.4, -0.2) is 30.3 Å². The second-order valence-corrected chi connectivity index (χ2v) is 3.37. The number of hydrogen-bond donors (Lipinski definition) is 1. The quantitative estimate of drug-likeness (QED) is 0.554. The first kappa shape index (κ1) is 8.65. The lowest BCUT2D eigenvalue weighted by molar-refractivity contribution is -0.273. The maximum Gasteiger partial charge on any atom is 0.232 e. The molecule has 2 fully saturated rings. The highest BCUT2D eigenvalue weighted by Crippen LogP contribution is 2.29. The molecule has 72 valence electrons. The van der Waals surface area contributed by atoms with Crippen LogP contribution in [0.15, 0.2) is 0 Å². The van der Waals surface area contributed by atoms with E-state index >= 15 is 0 Å². The molecule has 0 aromatic heterocycles. The molecule has 2 aliphatic heterocycles. The Morgan fingerprint density at radius 3 is 2.62 bits per heavy atom. The van der Waals surface area contributed by atoms with E-state index in [9.17, 15) is 9.59 Å². The third-order valence-corrected chi connectivity index (χ3v) is 2.36. The van der Waals surface area contributed by atoms with Crippen molar-refractivity contribution in [3.05, 3.63) is 0 Å². The van der Waals surface area contributed by atoms with Crippen molar-refractivity contribution in [2.75, 3.05) is 0 Å². The average molecular weight is 185 g/mol. The lowest BCUT2D eigenvalue weighted by Gasteiger charge is -2.45. The van der Waals surface area contributed by atoms with Crippen molar-refractivity contribution in [2.45, 2.75) is 32.5 Å². The molecule has 0 aliphatic carbocycles. The lowest BCUT2D eigenvalue weighted by atomic mass is 9.92. The van der Waals surface area contributed by atoms with Crippen LogP contribution < -0.4 is 5.32 Å². The van der Waals surface area contributed by atoms with Crippen LogP contribution in [0.25, 0.3) is 0 Å². The van der Waals surface area contributed by atoms with Crippen molar-refractivity contribution in [3.63, 3.8) is 0 Å². The summed E-state index contributed by atoms with van der Waals surface area (Å²) in [5, 5.41) is 2.57. The van der Waals surface area contributed by atoms with Gasteiger partial charge in [0.1, 0.15) is 12.1 Å². The topological polar surface area (TPSA) is 64.6 Å². The van der Waals surface area contributed by atoms with Crippen molar-refractivity contribution in [1.82, 2.24) is 5.32 Å². The van der Waals surface area contributed by atoms with E-state index in [1.54, 1.807) is 6.92 Å². The summed E-state index contributed by atoms with van der Waals surface area (Å²) in [6.07, 6.45) is -1.41. The third kappa shape index (κ3) is 1.24. The number of hydrogen-bond acceptors (Lipinski definition) is 4. The Balaban J connectivity index is 2.06. The zero-order chi connectivity index (χ0) is 9.59. The number of β-lactam (4-membered cyclic amide) rings is 1. The van der Waals surface area contributed by atoms with E-state index in [0.29, 0.717) is 0 Å². The largest absolute Gasteiger partial charge is 0.342 e. The van der Waals surface area contributed by atoms with Crippen molar-refractivity contribution in [2.24, 2.45) is 5.92 Å². The van der Waals surface area contributed by atoms with E-state index in [0.717, 1.165) is 0 Å². The highest BCUT2D eigenvalue weighted by molar-refractivity contribution is 5.86. The Labute approximate surface area is 75.4 Å². The molecule has 4 atom stereocenters. The summed E-state index contributed by atoms with van der Waals surface area (Å²) in [4.78, 5) is 21.9. The summed E-state index contributed by atoms with van der Waals surface area (Å²) < 4.78 is 10.4. The number of fused-ring (bicyclic) bond motifs is 1. The molecule has 5 heteroatoms. The van der Waals surface area contributed by atoms with Gasteiger partial charge >= 0.3 is 0 Å². The molecule has 0 spiro atoms. The summed E-state index contributed by atoms with van der Waals surface area (Å²) in [5.41, 5.74) is 0. The minimum absolute atomic E-state index is 0.0699. The van der Waals surface area contributed by atoms with Crippen LogP contribution in [0.1, 0.15) is 13.8 Å². The fraction of sp³-hybridized carbons (Fsp3) is 0.750. The van der Waals surface area contributed by atoms with Crippen molar-refractivity contribution in [3.8, 4) is 0 Å². The summed E-state index contributed by atoms with van der Waals surface area (Å²) in [5.74, 6) is -0.499. The van der Waals surface area contributed by atoms with Gasteiger partial charge in [0.25, 0.3) is 0 Å². The number of ketones is 1. The minimum Gasteiger partial charge on any atom is -0.342 e. The van der Waals surface area contributed by atoms with Crippen LogP contribution in [0, 0.1) is 5.92 Å². The molecule has 0 radical (unpaired) electrons. The summed E-state index contributed by atoms with van der Waals surface area (Å²) in [7, 11) is 0. The normalized spacial score (nSPS) is 43.1. The molecule has 0 bridgehead atoms. The van der Waals surface area contributed by atoms with Crippen LogP contribution in [0.3, 0.4) is 0 Å². The number of carbonyl (C=O) groups excluding carboxylic acids is 2. The average Bonchev–Trinajstić information content (AvgIpc) is 2.00. The fourth-order valence-corrected chi connectivity index (χ4v) is 1.58. The van der Waals surface area contributed by atoms with Gasteiger partial charge in [0.2, 0.25) is 12.2 Å². The summed E-state index contributed by atoms with van der Waals surface area (Å²) in [6.45, 7) is 3.17. The Bertz CT molecular complexity index is 257. The molecule has 13 heavy (non-hydrogen) atoms. The zero-order valence-electron chi connectivity index (χ0n) is 7.44. The number of Topliss-reactive ketones (excluding diaryl/α,β-unsaturated/α-hetero) is 1. The summed E-state index contributed by atoms with van der Waals surface area (Å²) >= 11 is 0. The molecular formula is C8H11NO4. The van der Waals surface area contributed by atoms with E-state index in [4.69, 9.17) is 9.47 Å². The SMILES string of the molecule is CC(=O)C1O[C@H](C)[C@H]2C(=O)N[C@H]2O1. The van der Waals surface area contributed by atoms with Gasteiger partial charge < -0.3 is 14.8 Å². The van der Waals surface area contributed by atoms with Crippen LogP contribution >= 0.6 is 0 Å². The van der Waals surface area contributed by atoms with Crippen LogP contribution in [-0.2, 0) is 19.1 Å². The van der Waals surface area contributed by atoms with Crippen molar-refractivity contribution < 1.29 is 19.1 Å². The van der Waals surface area contributed by atoms with E-state index < -0.39 is 6.29 Å². The molecule has 1 amide bonds. The fourth-order valence-electron chi connectivity index (χ4n) is 1.58. The van der Waals surface area contributed by atoms with Gasteiger partial charge in [0, 0.05) is 0 Å². The first-order valence-electron chi connectivity index (χ1n) is 4.21. The van der Waals surface area contributed by atoms with Gasteiger partial charge in [-0.05, 0) is 13.8 Å². The van der Waals surface area contributed by atoms with Gasteiger partial charge in [-0.2, -0.15) is 0 Å². The maximum atomic E-state index is 11.0. The van der Waals surface area contributed by atoms with Crippen LogP contribution in [0.5, 0.6) is 0 Å². The van der Waals surface area contributed by atoms with Gasteiger partial charge in [0.15, 0.2) is 5.78 Å². The van der Waals surface area contributed by atoms with E-state index in [2.05, 4.69) is 5.32 Å². The van der Waals surface area contributed by atoms with Crippen LogP contribution in [0.4, 0.5) is 0 Å². The van der Waals surface area contributed by atoms with Gasteiger partial charge in [-0.1, -0.05) is 0 Å². The van der Waals surface area contributed by atoms with Crippen molar-refractivity contribution in [1.29, 1.82) is 0 Å². The molecule has 0 aromatic carbocycles. The second-order valence-electron chi connectivity index (χ2n) is 3.37. The first-order valence-corrected chi connectivity index (χ1v) is 4.21. The molecule has 0 aromatic rings. The third-order valence-electron chi connectivity index (χ3n) is 2.36. The molecule has 1 unspecified atom stereocenters. The maximum absolute atomic E-state index is 11.0. The molecular weight excluding hydrogens is 174 g/mol. The smallest absolute Gasteiger partial charge is 0.232 e. The van der Waals surface area contributed by atoms with E-state index in [-0.39, 0.29) is 29.9 Å². The number of rotatable bonds is 1. The Kier molecular flexibility index (Phi) is 1.85. The summed E-state index contributed by atoms with van der Waals surface area (Å²) in [6, 6.07) is 0. The second kappa shape index (κ2) is 2.78. The zero-order valence-corrected chi connectivity index (χ0v) is 7.44. The van der Waals surface area contributed by atoms with Gasteiger partial charge in [0.05, 0.1) is 6.10 Å². The minimum atomic E-state index is -0.822. The Hall–Kier alpha value is -0.940. The standard InChI is InChI=1S/C8H11NO4/c1-3(10)8-12-4(2)5-6(11)9-7(5)13-8/h4-5,7-8H,1-2H3,(H,9,11)/t4-,5+,7+,8?/m1/s1. The number of nitrogens with one attached hydrogen (secondary N) is 1. The van der Waals surface area contributed by atoms with Gasteiger partial charge in [-0.25, -0.2) is 0 Å². The van der Waals surface area contributed by atoms with Crippen LogP contribution in [0.2, 0.25) is 0 Å². The number of amides is 1. The molecule has 1 N–H and O–H groups in total. The Morgan fingerprint density at radius 2 is 2.15 bits per heavy atom. The number of ether oxygens (including phenoxy) is 2. The lowest BCUT2D eigenvalue weighted by Crippen LogP contribution is -2.68. The first-order chi connectivity index (χ1) is 6.09. The van der Waals surface area contributed by atoms with Gasteiger partial charge in [-0.3, -0.25) is 9.59 Å². The molecule has 2 heterocycles. The molecule has 2 aliphatic rings. The highest BCUT2D eigenvalue weighted by Gasteiger charge is 2.50. The predicted octanol–water partition coefficient (Wildman–Crippen LogP) is -0.591. The Morgan fingerprint density at radius 1 is 1.46 bits per heavy atom. The molecule has 2 rings (SSSR count). The number of carbonyl (C=O) groups is 2. The molecule has 0 saturated carbocycles. The molecule has 5 nitrogen and oxygen atoms in total. The van der Waals surface area contributed by atoms with Crippen molar-refractivity contribution >= 4 is 11.7 Å². The molecule has 2 saturated heterocycles. The highest BCUT2D eigenvalue weighted by atomic mass is 16.7. The predicted molar refractivity (Wildman–Crippen MR) is 41.5 cm³/mol.